The summed E-state index contributed by atoms with van der Waals surface area (Å²) in [6, 6.07) is 65.0. The average molecular weight is 1460 g/mol. The van der Waals surface area contributed by atoms with Gasteiger partial charge in [-0.25, -0.2) is 4.79 Å². The summed E-state index contributed by atoms with van der Waals surface area (Å²) >= 11 is 0. The van der Waals surface area contributed by atoms with Crippen molar-refractivity contribution in [2.45, 2.75) is 333 Å². The molecule has 586 valence electrons. The zero-order chi connectivity index (χ0) is 74.3. The minimum atomic E-state index is -1.03. The van der Waals surface area contributed by atoms with Crippen LogP contribution >= 0.6 is 0 Å². The summed E-state index contributed by atoms with van der Waals surface area (Å²) in [6.45, 7) is 6.95. The third kappa shape index (κ3) is 36.0. The van der Waals surface area contributed by atoms with Crippen LogP contribution in [0.4, 0.5) is 10.5 Å². The lowest BCUT2D eigenvalue weighted by molar-refractivity contribution is -0.328. The number of ether oxygens (including phenoxy) is 8. The number of rotatable bonds is 62. The summed E-state index contributed by atoms with van der Waals surface area (Å²) in [5.74, 6) is 0. The summed E-state index contributed by atoms with van der Waals surface area (Å²) in [7, 11) is 0. The Morgan fingerprint density at radius 2 is 0.729 bits per heavy atom. The Hall–Kier alpha value is -6.25. The van der Waals surface area contributed by atoms with Crippen LogP contribution in [0.2, 0.25) is 0 Å². The second-order valence-corrected chi connectivity index (χ2v) is 30.4. The third-order valence-corrected chi connectivity index (χ3v) is 21.4. The first-order valence-corrected chi connectivity index (χ1v) is 42.7. The van der Waals surface area contributed by atoms with Crippen molar-refractivity contribution >= 4 is 22.6 Å². The molecule has 0 bridgehead atoms. The molecule has 0 aromatic heterocycles. The maximum atomic E-state index is 14.2. The first kappa shape index (κ1) is 86.3. The Morgan fingerprint density at radius 1 is 0.364 bits per heavy atom. The molecule has 1 aliphatic rings. The van der Waals surface area contributed by atoms with Gasteiger partial charge >= 0.3 is 6.09 Å². The van der Waals surface area contributed by atoms with E-state index >= 15 is 0 Å². The third-order valence-electron chi connectivity index (χ3n) is 21.4. The van der Waals surface area contributed by atoms with E-state index in [9.17, 15) is 4.79 Å². The molecule has 11 heteroatoms. The standard InChI is InChI=1S/C96H138N2O9/c1-3-5-7-9-11-13-15-17-18-19-20-21-22-23-24-25-26-27-28-30-32-34-36-55-72-97-88(91(101-74-81-59-44-38-45-60-81)89(100-73-80-57-42-37-43-58-80)71-52-35-33-31-29-16-14-12-10-8-6-4-2)78-105-95-94(104-77-84-65-50-41-51-66-84)93(103-76-83-63-48-40-49-64-83)92(102-75-82-61-46-39-47-62-82)90(107-95)79-106-96(99)98-87-70-56-68-85-67-53-54-69-86(85)87/h37-51,53-54,56-70,88-95,97H,3-36,52,55,71-79H2,1-2H3,(H,98,99)/t88-,89+,90+,91-,92-,93-,94+,95-/m0/s1. The zero-order valence-electron chi connectivity index (χ0n) is 66.1. The Morgan fingerprint density at radius 3 is 1.18 bits per heavy atom. The number of anilines is 1. The van der Waals surface area contributed by atoms with Gasteiger partial charge in [-0.1, -0.05) is 427 Å². The van der Waals surface area contributed by atoms with Gasteiger partial charge in [0.2, 0.25) is 0 Å². The summed E-state index contributed by atoms with van der Waals surface area (Å²) in [5.41, 5.74) is 5.80. The maximum absolute atomic E-state index is 14.2. The first-order valence-electron chi connectivity index (χ1n) is 42.7. The topological polar surface area (TPSA) is 115 Å². The fourth-order valence-electron chi connectivity index (χ4n) is 15.1. The lowest BCUT2D eigenvalue weighted by atomic mass is 9.97. The number of carbonyl (C=O) groups is 1. The van der Waals surface area contributed by atoms with Crippen LogP contribution in [0.15, 0.2) is 194 Å². The molecule has 1 saturated heterocycles. The minimum absolute atomic E-state index is 0.175. The lowest BCUT2D eigenvalue weighted by Crippen LogP contribution is -2.62. The van der Waals surface area contributed by atoms with E-state index in [1.54, 1.807) is 0 Å². The molecule has 2 N–H and O–H groups in total. The smallest absolute Gasteiger partial charge is 0.411 e. The molecule has 1 heterocycles. The molecule has 1 amide bonds. The van der Waals surface area contributed by atoms with Crippen molar-refractivity contribution in [3.8, 4) is 0 Å². The number of benzene rings is 7. The quantitative estimate of drug-likeness (QED) is 0.0357. The Labute approximate surface area is 647 Å². The molecular weight excluding hydrogens is 1330 g/mol. The highest BCUT2D eigenvalue weighted by Gasteiger charge is 2.50. The van der Waals surface area contributed by atoms with Crippen LogP contribution in [0.5, 0.6) is 0 Å². The fourth-order valence-corrected chi connectivity index (χ4v) is 15.1. The highest BCUT2D eigenvalue weighted by atomic mass is 16.7. The van der Waals surface area contributed by atoms with E-state index < -0.39 is 42.9 Å². The van der Waals surface area contributed by atoms with Gasteiger partial charge in [0.05, 0.1) is 57.5 Å². The molecule has 7 aromatic carbocycles. The van der Waals surface area contributed by atoms with E-state index in [4.69, 9.17) is 37.9 Å². The molecule has 0 aliphatic carbocycles. The van der Waals surface area contributed by atoms with Crippen LogP contribution < -0.4 is 10.6 Å². The van der Waals surface area contributed by atoms with Crippen LogP contribution in [-0.2, 0) is 70.9 Å². The second kappa shape index (κ2) is 56.0. The number of fused-ring (bicyclic) bond motifs is 1. The predicted octanol–water partition coefficient (Wildman–Crippen LogP) is 25.5. The van der Waals surface area contributed by atoms with Crippen LogP contribution in [0.3, 0.4) is 0 Å². The van der Waals surface area contributed by atoms with E-state index in [2.05, 4.69) is 109 Å². The van der Waals surface area contributed by atoms with E-state index in [-0.39, 0.29) is 45.2 Å². The molecule has 11 nitrogen and oxygen atoms in total. The number of hydrogen-bond donors (Lipinski definition) is 2. The average Bonchev–Trinajstić information content (AvgIpc) is 0.786. The Kier molecular flexibility index (Phi) is 45.2. The minimum Gasteiger partial charge on any atom is -0.446 e. The predicted molar refractivity (Wildman–Crippen MR) is 443 cm³/mol. The van der Waals surface area contributed by atoms with Gasteiger partial charge < -0.3 is 43.2 Å². The number of nitrogens with one attached hydrogen (secondary N) is 2. The van der Waals surface area contributed by atoms with Crippen molar-refractivity contribution < 1.29 is 42.7 Å². The van der Waals surface area contributed by atoms with Crippen LogP contribution in [0.1, 0.15) is 279 Å². The van der Waals surface area contributed by atoms with Crippen LogP contribution in [0, 0.1) is 0 Å². The van der Waals surface area contributed by atoms with Crippen LogP contribution in [0.25, 0.3) is 10.8 Å². The molecule has 1 fully saturated rings. The van der Waals surface area contributed by atoms with Gasteiger partial charge in [-0.15, -0.1) is 0 Å². The summed E-state index contributed by atoms with van der Waals surface area (Å²) in [5, 5.41) is 9.05. The summed E-state index contributed by atoms with van der Waals surface area (Å²) in [6.07, 6.45) is 43.0. The monoisotopic (exact) mass is 1460 g/mol. The van der Waals surface area contributed by atoms with Crippen molar-refractivity contribution in [2.24, 2.45) is 0 Å². The fraction of sp³-hybridized carbons (Fsp3) is 0.573. The van der Waals surface area contributed by atoms with Gasteiger partial charge in [0.25, 0.3) is 0 Å². The maximum Gasteiger partial charge on any atom is 0.411 e. The number of hydrogen-bond acceptors (Lipinski definition) is 10. The summed E-state index contributed by atoms with van der Waals surface area (Å²) in [4.78, 5) is 14.2. The van der Waals surface area contributed by atoms with Crippen molar-refractivity contribution in [1.82, 2.24) is 5.32 Å². The van der Waals surface area contributed by atoms with Gasteiger partial charge in [-0.05, 0) is 58.7 Å². The Bertz CT molecular complexity index is 3250. The highest BCUT2D eigenvalue weighted by molar-refractivity contribution is 6.00. The van der Waals surface area contributed by atoms with Crippen molar-refractivity contribution in [3.63, 3.8) is 0 Å². The van der Waals surface area contributed by atoms with Crippen molar-refractivity contribution in [3.05, 3.63) is 222 Å². The van der Waals surface area contributed by atoms with E-state index in [0.29, 0.717) is 18.9 Å². The van der Waals surface area contributed by atoms with Gasteiger partial charge in [0, 0.05) is 5.39 Å². The van der Waals surface area contributed by atoms with Gasteiger partial charge in [-0.2, -0.15) is 0 Å². The molecule has 7 aromatic rings. The molecular formula is C96H138N2O9. The van der Waals surface area contributed by atoms with E-state index in [1.807, 2.05) is 109 Å². The highest BCUT2D eigenvalue weighted by Crippen LogP contribution is 2.34. The van der Waals surface area contributed by atoms with E-state index in [1.165, 1.54) is 205 Å². The molecule has 1 aliphatic heterocycles. The normalized spacial score (nSPS) is 16.7. The SMILES string of the molecule is CCCCCCCCCCCCCCCCCCCCCCCCCCN[C@@H](CO[C@H]1O[C@H](COC(=O)Nc2cccc3ccccc23)[C@H](OCc2ccccc2)[C@H](OCc2ccccc2)[C@H]1OCc1ccccc1)[C@H](OCc1ccccc1)[C@@H](CCCCCCCCCCCCCC)OCc1ccccc1. The van der Waals surface area contributed by atoms with Gasteiger partial charge in [0.1, 0.15) is 37.1 Å². The van der Waals surface area contributed by atoms with Crippen molar-refractivity contribution in [1.29, 1.82) is 0 Å². The number of unbranched alkanes of at least 4 members (excludes halogenated alkanes) is 34. The number of carbonyl (C=O) groups excluding carboxylic acids is 1. The lowest BCUT2D eigenvalue weighted by Gasteiger charge is -2.46. The van der Waals surface area contributed by atoms with Gasteiger partial charge in [0.15, 0.2) is 6.29 Å². The summed E-state index contributed by atoms with van der Waals surface area (Å²) < 4.78 is 57.1. The largest absolute Gasteiger partial charge is 0.446 e. The molecule has 8 rings (SSSR count). The second-order valence-electron chi connectivity index (χ2n) is 30.4. The number of amides is 1. The first-order chi connectivity index (χ1) is 53.0. The molecule has 0 unspecified atom stereocenters. The van der Waals surface area contributed by atoms with Crippen LogP contribution in [-0.4, -0.2) is 74.8 Å². The molecule has 0 spiro atoms. The Balaban J connectivity index is 0.999. The van der Waals surface area contributed by atoms with Crippen molar-refractivity contribution in [2.75, 3.05) is 25.1 Å². The van der Waals surface area contributed by atoms with E-state index in [0.717, 1.165) is 77.2 Å². The zero-order valence-corrected chi connectivity index (χ0v) is 66.1. The molecule has 107 heavy (non-hydrogen) atoms. The molecule has 8 atom stereocenters. The molecule has 0 radical (unpaired) electrons. The van der Waals surface area contributed by atoms with Gasteiger partial charge in [-0.3, -0.25) is 5.32 Å². The molecule has 0 saturated carbocycles.